The lowest BCUT2D eigenvalue weighted by Gasteiger charge is -2.03. The maximum atomic E-state index is 12.3. The molecule has 0 fully saturated rings. The van der Waals surface area contributed by atoms with Crippen molar-refractivity contribution in [2.45, 2.75) is 6.92 Å². The average Bonchev–Trinajstić information content (AvgIpc) is 2.69. The minimum Gasteiger partial charge on any atom is -0.317 e. The van der Waals surface area contributed by atoms with Crippen LogP contribution in [0.1, 0.15) is 22.8 Å². The van der Waals surface area contributed by atoms with Gasteiger partial charge in [-0.05, 0) is 28.7 Å². The van der Waals surface area contributed by atoms with Gasteiger partial charge in [0.25, 0.3) is 0 Å². The Kier molecular flexibility index (Phi) is 4.13. The normalized spacial score (nSPS) is 10.1. The number of nitrogens with one attached hydrogen (secondary N) is 1. The van der Waals surface area contributed by atoms with Crippen LogP contribution in [0.4, 0.5) is 5.00 Å². The van der Waals surface area contributed by atoms with E-state index in [0.717, 1.165) is 2.88 Å². The number of benzene rings is 1. The molecule has 2 rings (SSSR count). The summed E-state index contributed by atoms with van der Waals surface area (Å²) in [4.78, 5) is 23.4. The molecule has 92 valence electrons. The van der Waals surface area contributed by atoms with E-state index in [1.54, 1.807) is 18.2 Å². The first-order valence-corrected chi connectivity index (χ1v) is 7.14. The molecule has 0 bridgehead atoms. The highest BCUT2D eigenvalue weighted by molar-refractivity contribution is 14.1. The summed E-state index contributed by atoms with van der Waals surface area (Å²) in [6.45, 7) is 1.43. The van der Waals surface area contributed by atoms with Gasteiger partial charge in [-0.2, -0.15) is 0 Å². The standard InChI is InChI=1S/C13H10INO2S/c1-8(16)15-13-10(7-11(14)18-13)12(17)9-5-3-2-4-6-9/h2-7H,1H3,(H,15,16). The number of carbonyl (C=O) groups is 2. The Balaban J connectivity index is 2.39. The van der Waals surface area contributed by atoms with Crippen LogP contribution >= 0.6 is 33.9 Å². The Bertz CT molecular complexity index is 592. The molecule has 1 amide bonds. The van der Waals surface area contributed by atoms with Crippen molar-refractivity contribution >= 4 is 50.6 Å². The molecule has 0 unspecified atom stereocenters. The molecule has 2 aromatic rings. The summed E-state index contributed by atoms with van der Waals surface area (Å²) in [7, 11) is 0. The van der Waals surface area contributed by atoms with Gasteiger partial charge in [-0.3, -0.25) is 9.59 Å². The van der Waals surface area contributed by atoms with Crippen molar-refractivity contribution < 1.29 is 9.59 Å². The topological polar surface area (TPSA) is 46.2 Å². The first-order valence-electron chi connectivity index (χ1n) is 5.24. The molecule has 0 aliphatic heterocycles. The summed E-state index contributed by atoms with van der Waals surface area (Å²) >= 11 is 3.54. The number of halogens is 1. The lowest BCUT2D eigenvalue weighted by Crippen LogP contribution is -2.09. The van der Waals surface area contributed by atoms with Gasteiger partial charge in [0.15, 0.2) is 5.78 Å². The van der Waals surface area contributed by atoms with E-state index >= 15 is 0 Å². The van der Waals surface area contributed by atoms with E-state index in [0.29, 0.717) is 16.1 Å². The maximum Gasteiger partial charge on any atom is 0.221 e. The third kappa shape index (κ3) is 2.97. The third-order valence-electron chi connectivity index (χ3n) is 2.27. The molecule has 3 nitrogen and oxygen atoms in total. The van der Waals surface area contributed by atoms with Gasteiger partial charge in [-0.1, -0.05) is 30.3 Å². The van der Waals surface area contributed by atoms with Crippen molar-refractivity contribution in [1.82, 2.24) is 0 Å². The van der Waals surface area contributed by atoms with Gasteiger partial charge in [-0.15, -0.1) is 11.3 Å². The van der Waals surface area contributed by atoms with Crippen molar-refractivity contribution in [3.8, 4) is 0 Å². The number of hydrogen-bond acceptors (Lipinski definition) is 3. The number of amides is 1. The van der Waals surface area contributed by atoms with Crippen LogP contribution in [0, 0.1) is 2.88 Å². The molecule has 18 heavy (non-hydrogen) atoms. The van der Waals surface area contributed by atoms with Gasteiger partial charge in [-0.25, -0.2) is 0 Å². The summed E-state index contributed by atoms with van der Waals surface area (Å²) in [5, 5.41) is 3.31. The molecular weight excluding hydrogens is 361 g/mol. The Hall–Kier alpha value is -1.21. The Morgan fingerprint density at radius 1 is 1.22 bits per heavy atom. The van der Waals surface area contributed by atoms with Crippen LogP contribution in [-0.2, 0) is 4.79 Å². The fourth-order valence-electron chi connectivity index (χ4n) is 1.53. The number of hydrogen-bond donors (Lipinski definition) is 1. The van der Waals surface area contributed by atoms with Gasteiger partial charge in [0, 0.05) is 12.5 Å². The molecule has 0 atom stereocenters. The highest BCUT2D eigenvalue weighted by Crippen LogP contribution is 2.30. The Morgan fingerprint density at radius 3 is 2.50 bits per heavy atom. The molecule has 0 aliphatic carbocycles. The predicted molar refractivity (Wildman–Crippen MR) is 81.2 cm³/mol. The van der Waals surface area contributed by atoms with Gasteiger partial charge >= 0.3 is 0 Å². The Labute approximate surface area is 122 Å². The summed E-state index contributed by atoms with van der Waals surface area (Å²) < 4.78 is 0.968. The van der Waals surface area contributed by atoms with Crippen LogP contribution in [0.2, 0.25) is 0 Å². The van der Waals surface area contributed by atoms with E-state index in [1.807, 2.05) is 18.2 Å². The van der Waals surface area contributed by atoms with Crippen LogP contribution < -0.4 is 5.32 Å². The van der Waals surface area contributed by atoms with E-state index in [2.05, 4.69) is 27.9 Å². The second-order valence-corrected chi connectivity index (χ2v) is 6.62. The van der Waals surface area contributed by atoms with Crippen LogP contribution in [0.3, 0.4) is 0 Å². The van der Waals surface area contributed by atoms with Gasteiger partial charge in [0.05, 0.1) is 8.45 Å². The van der Waals surface area contributed by atoms with E-state index in [9.17, 15) is 9.59 Å². The predicted octanol–water partition coefficient (Wildman–Crippen LogP) is 3.54. The van der Waals surface area contributed by atoms with Crippen LogP contribution in [-0.4, -0.2) is 11.7 Å². The molecule has 1 aromatic heterocycles. The highest BCUT2D eigenvalue weighted by Gasteiger charge is 2.17. The van der Waals surface area contributed by atoms with Crippen molar-refractivity contribution in [2.75, 3.05) is 5.32 Å². The van der Waals surface area contributed by atoms with Gasteiger partial charge in [0.2, 0.25) is 5.91 Å². The maximum absolute atomic E-state index is 12.3. The Morgan fingerprint density at radius 2 is 1.89 bits per heavy atom. The fraction of sp³-hybridized carbons (Fsp3) is 0.0769. The molecule has 0 aliphatic rings. The van der Waals surface area contributed by atoms with Crippen molar-refractivity contribution in [1.29, 1.82) is 0 Å². The third-order valence-corrected chi connectivity index (χ3v) is 4.08. The van der Waals surface area contributed by atoms with Gasteiger partial charge in [0.1, 0.15) is 5.00 Å². The second-order valence-electron chi connectivity index (χ2n) is 3.67. The fourth-order valence-corrected chi connectivity index (χ4v) is 3.33. The number of thiophene rings is 1. The molecule has 0 saturated carbocycles. The molecule has 5 heteroatoms. The van der Waals surface area contributed by atoms with Crippen LogP contribution in [0.5, 0.6) is 0 Å². The highest BCUT2D eigenvalue weighted by atomic mass is 127. The quantitative estimate of drug-likeness (QED) is 0.663. The van der Waals surface area contributed by atoms with E-state index in [-0.39, 0.29) is 11.7 Å². The molecule has 1 aromatic carbocycles. The molecule has 0 radical (unpaired) electrons. The molecule has 0 saturated heterocycles. The van der Waals surface area contributed by atoms with E-state index < -0.39 is 0 Å². The summed E-state index contributed by atoms with van der Waals surface area (Å²) in [6, 6.07) is 10.8. The monoisotopic (exact) mass is 371 g/mol. The number of anilines is 1. The first kappa shape index (κ1) is 13.2. The number of carbonyl (C=O) groups excluding carboxylic acids is 2. The number of ketones is 1. The largest absolute Gasteiger partial charge is 0.317 e. The van der Waals surface area contributed by atoms with Crippen LogP contribution in [0.15, 0.2) is 36.4 Å². The second kappa shape index (κ2) is 5.62. The minimum atomic E-state index is -0.171. The molecular formula is C13H10INO2S. The number of rotatable bonds is 3. The summed E-state index contributed by atoms with van der Waals surface area (Å²) in [5.74, 6) is -0.242. The zero-order valence-electron chi connectivity index (χ0n) is 9.57. The van der Waals surface area contributed by atoms with E-state index in [1.165, 1.54) is 18.3 Å². The molecule has 0 spiro atoms. The average molecular weight is 371 g/mol. The summed E-state index contributed by atoms with van der Waals surface area (Å²) in [6.07, 6.45) is 0. The molecule has 1 heterocycles. The molecule has 1 N–H and O–H groups in total. The zero-order chi connectivity index (χ0) is 13.1. The minimum absolute atomic E-state index is 0.0708. The van der Waals surface area contributed by atoms with E-state index in [4.69, 9.17) is 0 Å². The lowest BCUT2D eigenvalue weighted by atomic mass is 10.1. The van der Waals surface area contributed by atoms with Gasteiger partial charge < -0.3 is 5.32 Å². The van der Waals surface area contributed by atoms with Crippen molar-refractivity contribution in [3.63, 3.8) is 0 Å². The SMILES string of the molecule is CC(=O)Nc1sc(I)cc1C(=O)c1ccccc1. The van der Waals surface area contributed by atoms with Crippen molar-refractivity contribution in [3.05, 3.63) is 50.4 Å². The van der Waals surface area contributed by atoms with Crippen molar-refractivity contribution in [2.24, 2.45) is 0 Å². The smallest absolute Gasteiger partial charge is 0.221 e. The first-order chi connectivity index (χ1) is 8.58. The zero-order valence-corrected chi connectivity index (χ0v) is 12.5. The van der Waals surface area contributed by atoms with Crippen LogP contribution in [0.25, 0.3) is 0 Å². The lowest BCUT2D eigenvalue weighted by molar-refractivity contribution is -0.114. The summed E-state index contributed by atoms with van der Waals surface area (Å²) in [5.41, 5.74) is 1.17.